The zero-order valence-corrected chi connectivity index (χ0v) is 7.68. The fraction of sp³-hybridized carbons (Fsp3) is 1.00. The Balaban J connectivity index is 5.23. The molecule has 3 nitrogen and oxygen atoms in total. The maximum Gasteiger partial charge on any atom is 0.462 e. The molecule has 0 aliphatic heterocycles. The quantitative estimate of drug-likeness (QED) is 0.585. The molecule has 0 aromatic heterocycles. The molecule has 0 fully saturated rings. The fourth-order valence-corrected chi connectivity index (χ4v) is 0.867. The average Bonchev–Trinajstić information content (AvgIpc) is 2.00. The zero-order chi connectivity index (χ0) is 13.4. The smallest absolute Gasteiger partial charge is 0.231 e. The minimum absolute atomic E-state index is 2.16. The van der Waals surface area contributed by atoms with Crippen LogP contribution in [0, 0.1) is 0 Å². The van der Waals surface area contributed by atoms with Gasteiger partial charge in [-0.05, 0) is 0 Å². The van der Waals surface area contributed by atoms with Gasteiger partial charge in [0.2, 0.25) is 6.01 Å². The van der Waals surface area contributed by atoms with Crippen LogP contribution in [0.15, 0.2) is 0 Å². The minimum atomic E-state index is -6.76. The van der Waals surface area contributed by atoms with Crippen LogP contribution in [0.2, 0.25) is 0 Å². The highest BCUT2D eigenvalue weighted by Gasteiger charge is 2.75. The first-order chi connectivity index (χ1) is 6.77. The lowest BCUT2D eigenvalue weighted by atomic mass is 10.3. The Kier molecular flexibility index (Phi) is 3.82. The van der Waals surface area contributed by atoms with Crippen molar-refractivity contribution in [3.63, 3.8) is 0 Å². The second-order valence-electron chi connectivity index (χ2n) is 2.34. The van der Waals surface area contributed by atoms with Crippen LogP contribution in [0.1, 0.15) is 0 Å². The molecule has 0 rings (SSSR count). The Hall–Kier alpha value is -0.650. The molecular formula is C4H2F8O3S. The predicted octanol–water partition coefficient (Wildman–Crippen LogP) is 2.05. The summed E-state index contributed by atoms with van der Waals surface area (Å²) in [5.41, 5.74) is 0. The molecule has 0 bridgehead atoms. The molecule has 0 aromatic rings. The van der Waals surface area contributed by atoms with Gasteiger partial charge in [0.1, 0.15) is 0 Å². The molecule has 0 spiro atoms. The lowest BCUT2D eigenvalue weighted by Gasteiger charge is -2.26. The molecule has 0 atom stereocenters. The Bertz CT molecular complexity index is 343. The average molecular weight is 282 g/mol. The van der Waals surface area contributed by atoms with Crippen LogP contribution < -0.4 is 0 Å². The van der Waals surface area contributed by atoms with Crippen molar-refractivity contribution in [3.05, 3.63) is 0 Å². The molecule has 0 heterocycles. The van der Waals surface area contributed by atoms with E-state index in [1.54, 1.807) is 0 Å². The fourth-order valence-electron chi connectivity index (χ4n) is 0.399. The Morgan fingerprint density at radius 3 is 1.56 bits per heavy atom. The number of hydrogen-bond donors (Lipinski definition) is 0. The second kappa shape index (κ2) is 3.98. The van der Waals surface area contributed by atoms with Gasteiger partial charge in [0, 0.05) is 0 Å². The van der Waals surface area contributed by atoms with Gasteiger partial charge < -0.3 is 0 Å². The van der Waals surface area contributed by atoms with Crippen LogP contribution in [0.5, 0.6) is 0 Å². The first-order valence-corrected chi connectivity index (χ1v) is 4.66. The minimum Gasteiger partial charge on any atom is -0.231 e. The van der Waals surface area contributed by atoms with E-state index >= 15 is 0 Å². The monoisotopic (exact) mass is 282 g/mol. The maximum atomic E-state index is 12.1. The first-order valence-electron chi connectivity index (χ1n) is 3.08. The summed E-state index contributed by atoms with van der Waals surface area (Å²) in [5.74, 6) is -6.76. The normalized spacial score (nSPS) is 15.2. The van der Waals surface area contributed by atoms with Crippen LogP contribution in [0.3, 0.4) is 0 Å². The topological polar surface area (TPSA) is 43.4 Å². The summed E-state index contributed by atoms with van der Waals surface area (Å²) in [4.78, 5) is 0. The summed E-state index contributed by atoms with van der Waals surface area (Å²) >= 11 is 0. The second-order valence-corrected chi connectivity index (χ2v) is 3.84. The summed E-state index contributed by atoms with van der Waals surface area (Å²) in [6.07, 6.45) is -13.2. The highest BCUT2D eigenvalue weighted by Crippen LogP contribution is 2.47. The summed E-state index contributed by atoms with van der Waals surface area (Å²) in [7, 11) is -5.82. The van der Waals surface area contributed by atoms with Crippen LogP contribution in [-0.4, -0.2) is 32.6 Å². The Morgan fingerprint density at radius 2 is 1.31 bits per heavy atom. The van der Waals surface area contributed by atoms with E-state index in [9.17, 15) is 43.5 Å². The lowest BCUT2D eigenvalue weighted by molar-refractivity contribution is -0.402. The molecular weight excluding hydrogens is 280 g/mol. The summed E-state index contributed by atoms with van der Waals surface area (Å²) in [5, 5.41) is 0. The van der Waals surface area contributed by atoms with Crippen molar-refractivity contribution < 1.29 is 47.7 Å². The van der Waals surface area contributed by atoms with Crippen LogP contribution >= 0.6 is 0 Å². The van der Waals surface area contributed by atoms with Crippen molar-refractivity contribution in [2.75, 3.05) is 6.01 Å². The van der Waals surface area contributed by atoms with Crippen LogP contribution in [-0.2, 0) is 14.3 Å². The van der Waals surface area contributed by atoms with Crippen molar-refractivity contribution in [1.29, 1.82) is 0 Å². The third-order valence-corrected chi connectivity index (χ3v) is 1.82. The first kappa shape index (κ1) is 15.3. The van der Waals surface area contributed by atoms with Gasteiger partial charge in [-0.15, -0.1) is 0 Å². The molecule has 16 heavy (non-hydrogen) atoms. The molecule has 0 saturated heterocycles. The molecule has 98 valence electrons. The number of rotatable bonds is 4. The van der Waals surface area contributed by atoms with E-state index < -0.39 is 34.3 Å². The van der Waals surface area contributed by atoms with Gasteiger partial charge in [-0.2, -0.15) is 43.3 Å². The lowest BCUT2D eigenvalue weighted by Crippen LogP contribution is -2.54. The van der Waals surface area contributed by atoms with Crippen molar-refractivity contribution in [1.82, 2.24) is 0 Å². The highest BCUT2D eigenvalue weighted by molar-refractivity contribution is 7.86. The molecule has 0 aliphatic carbocycles. The predicted molar refractivity (Wildman–Crippen MR) is 31.9 cm³/mol. The molecule has 0 unspecified atom stereocenters. The van der Waals surface area contributed by atoms with Gasteiger partial charge >= 0.3 is 28.3 Å². The van der Waals surface area contributed by atoms with Crippen molar-refractivity contribution >= 4 is 10.1 Å². The highest BCUT2D eigenvalue weighted by atomic mass is 32.2. The van der Waals surface area contributed by atoms with Crippen molar-refractivity contribution in [2.45, 2.75) is 18.2 Å². The van der Waals surface area contributed by atoms with Gasteiger partial charge in [0.25, 0.3) is 0 Å². The van der Waals surface area contributed by atoms with Crippen molar-refractivity contribution in [2.24, 2.45) is 0 Å². The summed E-state index contributed by atoms with van der Waals surface area (Å²) in [6, 6.07) is -2.67. The third kappa shape index (κ3) is 2.93. The Morgan fingerprint density at radius 1 is 0.938 bits per heavy atom. The molecule has 0 aromatic carbocycles. The van der Waals surface area contributed by atoms with Gasteiger partial charge in [-0.25, -0.2) is 4.39 Å². The van der Waals surface area contributed by atoms with E-state index in [-0.39, 0.29) is 0 Å². The number of hydrogen-bond acceptors (Lipinski definition) is 3. The zero-order valence-electron chi connectivity index (χ0n) is 6.86. The summed E-state index contributed by atoms with van der Waals surface area (Å²) < 4.78 is 116. The maximum absolute atomic E-state index is 12.1. The standard InChI is InChI=1S/C4H2F8O3S/c5-1-16(13,14)15-4(11,12)2(6,7)3(8,9)10/h1H2. The molecule has 0 N–H and O–H groups in total. The van der Waals surface area contributed by atoms with E-state index in [0.29, 0.717) is 0 Å². The van der Waals surface area contributed by atoms with Gasteiger partial charge in [0.05, 0.1) is 0 Å². The SMILES string of the molecule is O=S(=O)(CF)OC(F)(F)C(F)(F)C(F)(F)F. The van der Waals surface area contributed by atoms with Crippen LogP contribution in [0.25, 0.3) is 0 Å². The van der Waals surface area contributed by atoms with E-state index in [1.165, 1.54) is 0 Å². The van der Waals surface area contributed by atoms with Crippen LogP contribution in [0.4, 0.5) is 35.1 Å². The van der Waals surface area contributed by atoms with E-state index in [2.05, 4.69) is 4.18 Å². The molecule has 0 amide bonds. The molecule has 12 heteroatoms. The third-order valence-electron chi connectivity index (χ3n) is 1.09. The molecule has 0 radical (unpaired) electrons. The van der Waals surface area contributed by atoms with Gasteiger partial charge in [0.15, 0.2) is 0 Å². The Labute approximate surface area is 83.1 Å². The van der Waals surface area contributed by atoms with Gasteiger partial charge in [-0.1, -0.05) is 0 Å². The number of halogens is 8. The van der Waals surface area contributed by atoms with Crippen molar-refractivity contribution in [3.8, 4) is 0 Å². The van der Waals surface area contributed by atoms with E-state index in [1.807, 2.05) is 0 Å². The molecule has 0 saturated carbocycles. The van der Waals surface area contributed by atoms with Gasteiger partial charge in [-0.3, -0.25) is 0 Å². The van der Waals surface area contributed by atoms with E-state index in [4.69, 9.17) is 0 Å². The number of alkyl halides is 8. The molecule has 0 aliphatic rings. The van der Waals surface area contributed by atoms with E-state index in [0.717, 1.165) is 0 Å². The summed E-state index contributed by atoms with van der Waals surface area (Å²) in [6.45, 7) is 0. The largest absolute Gasteiger partial charge is 0.462 e.